The number of amides is 1. The molecule has 4 aliphatic carbocycles. The molecule has 1 N–H and O–H groups in total. The van der Waals surface area contributed by atoms with E-state index in [1.54, 1.807) is 0 Å². The zero-order chi connectivity index (χ0) is 21.6. The molecule has 6 rings (SSSR count). The molecule has 2 aromatic rings. The third kappa shape index (κ3) is 4.00. The summed E-state index contributed by atoms with van der Waals surface area (Å²) in [5.41, 5.74) is 4.94. The highest BCUT2D eigenvalue weighted by molar-refractivity contribution is 5.94. The van der Waals surface area contributed by atoms with Crippen molar-refractivity contribution < 1.29 is 9.53 Å². The van der Waals surface area contributed by atoms with E-state index in [4.69, 9.17) is 4.74 Å². The van der Waals surface area contributed by atoms with Gasteiger partial charge >= 0.3 is 0 Å². The van der Waals surface area contributed by atoms with Crippen LogP contribution in [0.15, 0.2) is 42.5 Å². The summed E-state index contributed by atoms with van der Waals surface area (Å²) in [4.78, 5) is 12.9. The first-order valence-corrected chi connectivity index (χ1v) is 12.1. The number of benzene rings is 2. The van der Waals surface area contributed by atoms with Crippen molar-refractivity contribution in [2.75, 3.05) is 5.32 Å². The molecule has 3 heteroatoms. The number of rotatable bonds is 6. The predicted octanol–water partition coefficient (Wildman–Crippen LogP) is 6.57. The molecule has 0 aliphatic heterocycles. The Balaban J connectivity index is 1.27. The molecule has 1 atom stereocenters. The Morgan fingerprint density at radius 2 is 1.61 bits per heavy atom. The molecule has 0 unspecified atom stereocenters. The maximum atomic E-state index is 12.9. The summed E-state index contributed by atoms with van der Waals surface area (Å²) in [7, 11) is 0. The van der Waals surface area contributed by atoms with Gasteiger partial charge in [-0.15, -0.1) is 0 Å². The number of nitrogens with one attached hydrogen (secondary N) is 1. The van der Waals surface area contributed by atoms with Crippen LogP contribution in [-0.2, 0) is 10.2 Å². The Kier molecular flexibility index (Phi) is 5.32. The first kappa shape index (κ1) is 20.6. The highest BCUT2D eigenvalue weighted by atomic mass is 16.5. The summed E-state index contributed by atoms with van der Waals surface area (Å²) < 4.78 is 6.09. The first-order chi connectivity index (χ1) is 14.9. The van der Waals surface area contributed by atoms with Crippen LogP contribution in [0.1, 0.15) is 68.6 Å². The van der Waals surface area contributed by atoms with Crippen LogP contribution >= 0.6 is 0 Å². The molecule has 0 saturated heterocycles. The Morgan fingerprint density at radius 3 is 2.19 bits per heavy atom. The van der Waals surface area contributed by atoms with Crippen LogP contribution in [0.3, 0.4) is 0 Å². The lowest BCUT2D eigenvalue weighted by molar-refractivity contribution is -0.122. The lowest BCUT2D eigenvalue weighted by atomic mass is 9.48. The summed E-state index contributed by atoms with van der Waals surface area (Å²) >= 11 is 0. The van der Waals surface area contributed by atoms with Crippen LogP contribution < -0.4 is 10.1 Å². The second kappa shape index (κ2) is 8.00. The predicted molar refractivity (Wildman–Crippen MR) is 126 cm³/mol. The van der Waals surface area contributed by atoms with Crippen molar-refractivity contribution in [3.8, 4) is 5.75 Å². The summed E-state index contributed by atoms with van der Waals surface area (Å²) in [6.07, 6.45) is 8.63. The highest BCUT2D eigenvalue weighted by Crippen LogP contribution is 2.60. The van der Waals surface area contributed by atoms with Crippen LogP contribution in [0.5, 0.6) is 5.75 Å². The molecular weight excluding hydrogens is 382 g/mol. The molecule has 4 aliphatic rings. The van der Waals surface area contributed by atoms with Crippen molar-refractivity contribution in [3.63, 3.8) is 0 Å². The molecule has 0 radical (unpaired) electrons. The van der Waals surface area contributed by atoms with E-state index in [1.165, 1.54) is 44.1 Å². The molecule has 164 valence electrons. The van der Waals surface area contributed by atoms with Crippen molar-refractivity contribution >= 4 is 11.6 Å². The van der Waals surface area contributed by atoms with Crippen LogP contribution in [0.25, 0.3) is 0 Å². The Hall–Kier alpha value is -2.29. The summed E-state index contributed by atoms with van der Waals surface area (Å²) in [5.74, 6) is 3.54. The SMILES string of the molecule is CC[C@H](Oc1cc(C)ccc1C)C(=O)Nc1ccc(C23CC4CC(CC(C4)C2)C3)cc1. The highest BCUT2D eigenvalue weighted by Gasteiger charge is 2.51. The van der Waals surface area contributed by atoms with Gasteiger partial charge in [-0.1, -0.05) is 31.2 Å². The van der Waals surface area contributed by atoms with E-state index in [-0.39, 0.29) is 5.91 Å². The van der Waals surface area contributed by atoms with E-state index in [0.717, 1.165) is 40.3 Å². The molecule has 3 nitrogen and oxygen atoms in total. The average Bonchev–Trinajstić information content (AvgIpc) is 2.73. The number of anilines is 1. The molecule has 4 fully saturated rings. The van der Waals surface area contributed by atoms with E-state index >= 15 is 0 Å². The third-order valence-electron chi connectivity index (χ3n) is 8.08. The molecular formula is C28H35NO2. The minimum absolute atomic E-state index is 0.0778. The van der Waals surface area contributed by atoms with E-state index in [2.05, 4.69) is 35.6 Å². The Bertz CT molecular complexity index is 926. The number of aryl methyl sites for hydroxylation is 2. The summed E-state index contributed by atoms with van der Waals surface area (Å²) in [6.45, 7) is 6.05. The smallest absolute Gasteiger partial charge is 0.265 e. The number of carbonyl (C=O) groups is 1. The largest absolute Gasteiger partial charge is 0.480 e. The van der Waals surface area contributed by atoms with Crippen LogP contribution in [-0.4, -0.2) is 12.0 Å². The first-order valence-electron chi connectivity index (χ1n) is 12.1. The average molecular weight is 418 g/mol. The number of hydrogen-bond acceptors (Lipinski definition) is 2. The summed E-state index contributed by atoms with van der Waals surface area (Å²) in [6, 6.07) is 14.8. The van der Waals surface area contributed by atoms with Gasteiger partial charge in [0.2, 0.25) is 0 Å². The van der Waals surface area contributed by atoms with Gasteiger partial charge in [-0.05, 0) is 117 Å². The molecule has 0 spiro atoms. The van der Waals surface area contributed by atoms with Crippen LogP contribution in [0, 0.1) is 31.6 Å². The van der Waals surface area contributed by atoms with Gasteiger partial charge < -0.3 is 10.1 Å². The van der Waals surface area contributed by atoms with Crippen molar-refractivity contribution in [1.29, 1.82) is 0 Å². The second-order valence-corrected chi connectivity index (χ2v) is 10.5. The lowest BCUT2D eigenvalue weighted by Gasteiger charge is -2.57. The maximum Gasteiger partial charge on any atom is 0.265 e. The minimum atomic E-state index is -0.497. The summed E-state index contributed by atoms with van der Waals surface area (Å²) in [5, 5.41) is 3.08. The fourth-order valence-electron chi connectivity index (χ4n) is 6.90. The van der Waals surface area contributed by atoms with Crippen LogP contribution in [0.2, 0.25) is 0 Å². The van der Waals surface area contributed by atoms with E-state index in [9.17, 15) is 4.79 Å². The number of ether oxygens (including phenoxy) is 1. The molecule has 4 bridgehead atoms. The third-order valence-corrected chi connectivity index (χ3v) is 8.08. The Labute approximate surface area is 186 Å². The standard InChI is InChI=1S/C28H35NO2/c1-4-25(31-26-11-18(2)5-6-19(26)3)27(30)29-24-9-7-23(8-10-24)28-15-20-12-21(16-28)14-22(13-20)17-28/h5-11,20-22,25H,4,12-17H2,1-3H3,(H,29,30)/t20?,21?,22?,25-,28?/m0/s1. The van der Waals surface area contributed by atoms with E-state index in [0.29, 0.717) is 11.8 Å². The topological polar surface area (TPSA) is 38.3 Å². The second-order valence-electron chi connectivity index (χ2n) is 10.5. The van der Waals surface area contributed by atoms with Gasteiger partial charge in [0.1, 0.15) is 5.75 Å². The molecule has 0 heterocycles. The molecule has 1 amide bonds. The minimum Gasteiger partial charge on any atom is -0.480 e. The van der Waals surface area contributed by atoms with Gasteiger partial charge in [0, 0.05) is 5.69 Å². The fraction of sp³-hybridized carbons (Fsp3) is 0.536. The van der Waals surface area contributed by atoms with Gasteiger partial charge in [-0.2, -0.15) is 0 Å². The quantitative estimate of drug-likeness (QED) is 0.577. The number of hydrogen-bond donors (Lipinski definition) is 1. The molecule has 0 aromatic heterocycles. The maximum absolute atomic E-state index is 12.9. The van der Waals surface area contributed by atoms with Gasteiger partial charge in [0.15, 0.2) is 6.10 Å². The normalized spacial score (nSPS) is 29.6. The van der Waals surface area contributed by atoms with Gasteiger partial charge in [0.05, 0.1) is 0 Å². The molecule has 31 heavy (non-hydrogen) atoms. The fourth-order valence-corrected chi connectivity index (χ4v) is 6.90. The molecule has 4 saturated carbocycles. The van der Waals surface area contributed by atoms with E-state index < -0.39 is 6.10 Å². The van der Waals surface area contributed by atoms with Gasteiger partial charge in [-0.3, -0.25) is 4.79 Å². The van der Waals surface area contributed by atoms with Gasteiger partial charge in [-0.25, -0.2) is 0 Å². The molecule has 2 aromatic carbocycles. The van der Waals surface area contributed by atoms with E-state index in [1.807, 2.05) is 32.9 Å². The number of carbonyl (C=O) groups excluding carboxylic acids is 1. The van der Waals surface area contributed by atoms with Crippen molar-refractivity contribution in [2.24, 2.45) is 17.8 Å². The monoisotopic (exact) mass is 417 g/mol. The van der Waals surface area contributed by atoms with Crippen molar-refractivity contribution in [3.05, 3.63) is 59.2 Å². The zero-order valence-corrected chi connectivity index (χ0v) is 19.1. The van der Waals surface area contributed by atoms with Gasteiger partial charge in [0.25, 0.3) is 5.91 Å². The van der Waals surface area contributed by atoms with Crippen LogP contribution in [0.4, 0.5) is 5.69 Å². The lowest BCUT2D eigenvalue weighted by Crippen LogP contribution is -2.48. The van der Waals surface area contributed by atoms with Crippen molar-refractivity contribution in [1.82, 2.24) is 0 Å². The van der Waals surface area contributed by atoms with Crippen molar-refractivity contribution in [2.45, 2.75) is 77.2 Å². The zero-order valence-electron chi connectivity index (χ0n) is 19.1. The Morgan fingerprint density at radius 1 is 1.00 bits per heavy atom.